The summed E-state index contributed by atoms with van der Waals surface area (Å²) >= 11 is 0. The van der Waals surface area contributed by atoms with Gasteiger partial charge in [-0.1, -0.05) is 91.0 Å². The van der Waals surface area contributed by atoms with Gasteiger partial charge in [0.1, 0.15) is 0 Å². The van der Waals surface area contributed by atoms with Crippen molar-refractivity contribution in [3.63, 3.8) is 0 Å². The molecule has 30 heavy (non-hydrogen) atoms. The number of fused-ring (bicyclic) bond motifs is 1. The quantitative estimate of drug-likeness (QED) is 0.309. The Kier molecular flexibility index (Phi) is 4.65. The Bertz CT molecular complexity index is 1230. The van der Waals surface area contributed by atoms with Crippen molar-refractivity contribution in [3.05, 3.63) is 114 Å². The molecule has 3 aromatic rings. The number of aromatic nitrogens is 1. The predicted octanol–water partition coefficient (Wildman–Crippen LogP) is 7.80. The van der Waals surface area contributed by atoms with Gasteiger partial charge in [0.05, 0.1) is 11.4 Å². The van der Waals surface area contributed by atoms with Crippen LogP contribution in [0.25, 0.3) is 44.8 Å². The second kappa shape index (κ2) is 7.61. The molecule has 2 aliphatic rings. The highest BCUT2D eigenvalue weighted by Crippen LogP contribution is 2.41. The van der Waals surface area contributed by atoms with Crippen LogP contribution in [0.2, 0.25) is 0 Å². The molecule has 0 aliphatic heterocycles. The third-order valence-corrected chi connectivity index (χ3v) is 5.74. The first-order valence-corrected chi connectivity index (χ1v) is 10.3. The molecule has 1 heteroatoms. The minimum atomic E-state index is 0.996. The lowest BCUT2D eigenvalue weighted by Crippen LogP contribution is -1.91. The zero-order valence-electron chi connectivity index (χ0n) is 17.3. The van der Waals surface area contributed by atoms with Crippen LogP contribution in [0.5, 0.6) is 0 Å². The maximum absolute atomic E-state index is 5.02. The lowest BCUT2D eigenvalue weighted by Gasteiger charge is -2.12. The molecule has 0 radical (unpaired) electrons. The highest BCUT2D eigenvalue weighted by Gasteiger charge is 2.17. The van der Waals surface area contributed by atoms with Gasteiger partial charge < -0.3 is 0 Å². The molecule has 0 unspecified atom stereocenters. The Morgan fingerprint density at radius 3 is 1.60 bits per heavy atom. The van der Waals surface area contributed by atoms with Crippen molar-refractivity contribution in [1.82, 2.24) is 4.98 Å². The Labute approximate surface area is 178 Å². The van der Waals surface area contributed by atoms with Crippen molar-refractivity contribution in [2.24, 2.45) is 0 Å². The minimum Gasteiger partial charge on any atom is -0.248 e. The van der Waals surface area contributed by atoms with E-state index in [0.717, 1.165) is 22.5 Å². The first-order chi connectivity index (χ1) is 14.7. The van der Waals surface area contributed by atoms with Gasteiger partial charge in [-0.05, 0) is 59.4 Å². The van der Waals surface area contributed by atoms with Gasteiger partial charge in [0.15, 0.2) is 0 Å². The molecule has 144 valence electrons. The fourth-order valence-corrected chi connectivity index (χ4v) is 4.18. The van der Waals surface area contributed by atoms with Crippen LogP contribution in [0.15, 0.2) is 103 Å². The first-order valence-electron chi connectivity index (χ1n) is 10.3. The minimum absolute atomic E-state index is 0.996. The molecule has 2 aliphatic carbocycles. The van der Waals surface area contributed by atoms with Crippen molar-refractivity contribution in [2.45, 2.75) is 13.8 Å². The highest BCUT2D eigenvalue weighted by molar-refractivity contribution is 5.91. The predicted molar refractivity (Wildman–Crippen MR) is 127 cm³/mol. The summed E-state index contributed by atoms with van der Waals surface area (Å²) in [5, 5.41) is 0. The van der Waals surface area contributed by atoms with Gasteiger partial charge in [-0.3, -0.25) is 0 Å². The Morgan fingerprint density at radius 2 is 1.00 bits per heavy atom. The SMILES string of the molecule is Cc1cccc(C)c2c(-c3cc(-c4ccccc4)nc(-c4ccccc4)c3)ccc1-2. The van der Waals surface area contributed by atoms with E-state index in [9.17, 15) is 0 Å². The van der Waals surface area contributed by atoms with Crippen molar-refractivity contribution < 1.29 is 0 Å². The maximum atomic E-state index is 5.02. The number of rotatable bonds is 3. The van der Waals surface area contributed by atoms with E-state index < -0.39 is 0 Å². The average molecular weight is 386 g/mol. The monoisotopic (exact) mass is 385 g/mol. The summed E-state index contributed by atoms with van der Waals surface area (Å²) in [6.07, 6.45) is 0. The van der Waals surface area contributed by atoms with Crippen LogP contribution in [0.4, 0.5) is 0 Å². The van der Waals surface area contributed by atoms with Crippen LogP contribution in [0, 0.1) is 13.8 Å². The zero-order chi connectivity index (χ0) is 20.5. The number of hydrogen-bond donors (Lipinski definition) is 0. The molecular formula is C29H23N. The van der Waals surface area contributed by atoms with E-state index in [1.54, 1.807) is 0 Å². The van der Waals surface area contributed by atoms with Gasteiger partial charge in [-0.25, -0.2) is 4.98 Å². The molecule has 0 spiro atoms. The summed E-state index contributed by atoms with van der Waals surface area (Å²) < 4.78 is 0. The number of pyridine rings is 1. The molecule has 0 saturated heterocycles. The van der Waals surface area contributed by atoms with E-state index in [2.05, 4.69) is 105 Å². The molecule has 0 saturated carbocycles. The standard InChI is InChI=1S/C29H23N/c1-20-10-9-11-21(2)29-25(20)16-17-26(29)24-18-27(22-12-5-3-6-13-22)30-28(19-24)23-14-7-4-8-15-23/h3-19H,1-2H3. The summed E-state index contributed by atoms with van der Waals surface area (Å²) in [6.45, 7) is 4.38. The fraction of sp³-hybridized carbons (Fsp3) is 0.0690. The second-order valence-corrected chi connectivity index (χ2v) is 7.79. The molecule has 1 heterocycles. The zero-order valence-corrected chi connectivity index (χ0v) is 17.3. The van der Waals surface area contributed by atoms with Crippen LogP contribution >= 0.6 is 0 Å². The lowest BCUT2D eigenvalue weighted by molar-refractivity contribution is 1.32. The van der Waals surface area contributed by atoms with E-state index in [1.165, 1.54) is 33.4 Å². The Balaban J connectivity index is 1.77. The third-order valence-electron chi connectivity index (χ3n) is 5.74. The van der Waals surface area contributed by atoms with Gasteiger partial charge in [0.25, 0.3) is 0 Å². The largest absolute Gasteiger partial charge is 0.248 e. The number of hydrogen-bond acceptors (Lipinski definition) is 1. The van der Waals surface area contributed by atoms with Gasteiger partial charge in [-0.2, -0.15) is 0 Å². The topological polar surface area (TPSA) is 12.9 Å². The van der Waals surface area contributed by atoms with Gasteiger partial charge in [0, 0.05) is 11.1 Å². The number of nitrogens with zero attached hydrogens (tertiary/aromatic N) is 1. The van der Waals surface area contributed by atoms with Gasteiger partial charge in [0.2, 0.25) is 0 Å². The summed E-state index contributed by atoms with van der Waals surface area (Å²) in [6, 6.07) is 36.3. The lowest BCUT2D eigenvalue weighted by atomic mass is 9.95. The van der Waals surface area contributed by atoms with Crippen LogP contribution in [0.1, 0.15) is 11.1 Å². The molecule has 5 rings (SSSR count). The molecule has 0 bridgehead atoms. The van der Waals surface area contributed by atoms with Gasteiger partial charge >= 0.3 is 0 Å². The second-order valence-electron chi connectivity index (χ2n) is 7.79. The molecule has 2 aromatic carbocycles. The normalized spacial score (nSPS) is 11.0. The number of aryl methyl sites for hydroxylation is 2. The van der Waals surface area contributed by atoms with Crippen molar-refractivity contribution >= 4 is 0 Å². The van der Waals surface area contributed by atoms with Crippen molar-refractivity contribution in [3.8, 4) is 44.8 Å². The van der Waals surface area contributed by atoms with Crippen LogP contribution in [-0.4, -0.2) is 4.98 Å². The third kappa shape index (κ3) is 3.29. The van der Waals surface area contributed by atoms with E-state index in [4.69, 9.17) is 4.98 Å². The van der Waals surface area contributed by atoms with Gasteiger partial charge in [-0.15, -0.1) is 0 Å². The summed E-state index contributed by atoms with van der Waals surface area (Å²) in [7, 11) is 0. The van der Waals surface area contributed by atoms with E-state index in [1.807, 2.05) is 12.1 Å². The van der Waals surface area contributed by atoms with Crippen LogP contribution < -0.4 is 0 Å². The van der Waals surface area contributed by atoms with E-state index >= 15 is 0 Å². The molecule has 1 aromatic heterocycles. The Hall–Kier alpha value is -3.71. The summed E-state index contributed by atoms with van der Waals surface area (Å²) in [5.74, 6) is 0. The van der Waals surface area contributed by atoms with Crippen LogP contribution in [0.3, 0.4) is 0 Å². The highest BCUT2D eigenvalue weighted by atomic mass is 14.7. The molecule has 0 fully saturated rings. The molecule has 1 nitrogen and oxygen atoms in total. The van der Waals surface area contributed by atoms with Crippen LogP contribution in [-0.2, 0) is 0 Å². The van der Waals surface area contributed by atoms with E-state index in [0.29, 0.717) is 0 Å². The van der Waals surface area contributed by atoms with Crippen molar-refractivity contribution in [1.29, 1.82) is 0 Å². The van der Waals surface area contributed by atoms with Crippen molar-refractivity contribution in [2.75, 3.05) is 0 Å². The fourth-order valence-electron chi connectivity index (χ4n) is 4.18. The first kappa shape index (κ1) is 18.3. The molecular weight excluding hydrogens is 362 g/mol. The molecule has 0 atom stereocenters. The summed E-state index contributed by atoms with van der Waals surface area (Å²) in [4.78, 5) is 5.02. The smallest absolute Gasteiger partial charge is 0.0715 e. The maximum Gasteiger partial charge on any atom is 0.0715 e. The van der Waals surface area contributed by atoms with E-state index in [-0.39, 0.29) is 0 Å². The summed E-state index contributed by atoms with van der Waals surface area (Å²) in [5.41, 5.74) is 11.9. The molecule has 0 N–H and O–H groups in total. The Morgan fingerprint density at radius 1 is 0.467 bits per heavy atom. The average Bonchev–Trinajstić information content (AvgIpc) is 3.20. The number of benzene rings is 2. The molecule has 0 amide bonds.